The van der Waals surface area contributed by atoms with Gasteiger partial charge in [0.2, 0.25) is 5.91 Å². The summed E-state index contributed by atoms with van der Waals surface area (Å²) in [6, 6.07) is 5.23. The molecule has 3 rings (SSSR count). The van der Waals surface area contributed by atoms with Crippen molar-refractivity contribution in [1.82, 2.24) is 9.55 Å². The fourth-order valence-corrected chi connectivity index (χ4v) is 3.85. The number of rotatable bonds is 4. The summed E-state index contributed by atoms with van der Waals surface area (Å²) in [5, 5.41) is 1.63. The molecule has 1 aliphatic rings. The van der Waals surface area contributed by atoms with Crippen molar-refractivity contribution < 1.29 is 4.79 Å². The summed E-state index contributed by atoms with van der Waals surface area (Å²) in [5.41, 5.74) is 5.71. The van der Waals surface area contributed by atoms with Crippen molar-refractivity contribution in [3.05, 3.63) is 33.6 Å². The second kappa shape index (κ2) is 6.30. The number of halogens is 1. The van der Waals surface area contributed by atoms with Gasteiger partial charge in [-0.05, 0) is 31.0 Å². The number of aromatic nitrogens is 2. The Hall–Kier alpha value is -1.53. The predicted octanol–water partition coefficient (Wildman–Crippen LogP) is 2.74. The van der Waals surface area contributed by atoms with Gasteiger partial charge in [0.25, 0.3) is 5.56 Å². The van der Waals surface area contributed by atoms with Crippen LogP contribution in [0.2, 0.25) is 5.02 Å². The standard InChI is InChI=1S/C15H16ClN3O2S/c16-9-5-6-11-12(7-9)18-15(22-8-13(17)20)19(14(11)21)10-3-1-2-4-10/h5-7,10H,1-4,8H2,(H2,17,20). The van der Waals surface area contributed by atoms with Crippen LogP contribution >= 0.6 is 23.4 Å². The first kappa shape index (κ1) is 15.4. The molecule has 0 aliphatic heterocycles. The van der Waals surface area contributed by atoms with Crippen LogP contribution in [0.5, 0.6) is 0 Å². The SMILES string of the molecule is NC(=O)CSc1nc2cc(Cl)ccc2c(=O)n1C1CCCC1. The smallest absolute Gasteiger partial charge is 0.262 e. The molecular weight excluding hydrogens is 322 g/mol. The fraction of sp³-hybridized carbons (Fsp3) is 0.400. The Morgan fingerprint density at radius 2 is 2.14 bits per heavy atom. The van der Waals surface area contributed by atoms with Crippen LogP contribution in [0.4, 0.5) is 0 Å². The Balaban J connectivity index is 2.17. The summed E-state index contributed by atoms with van der Waals surface area (Å²) >= 11 is 7.20. The molecule has 0 saturated heterocycles. The number of hydrogen-bond donors (Lipinski definition) is 1. The third-order valence-electron chi connectivity index (χ3n) is 3.86. The molecule has 1 heterocycles. The first-order valence-electron chi connectivity index (χ1n) is 7.19. The maximum atomic E-state index is 12.8. The zero-order valence-electron chi connectivity index (χ0n) is 11.9. The van der Waals surface area contributed by atoms with Crippen molar-refractivity contribution >= 4 is 40.2 Å². The quantitative estimate of drug-likeness (QED) is 0.687. The number of amides is 1. The summed E-state index contributed by atoms with van der Waals surface area (Å²) < 4.78 is 1.73. The van der Waals surface area contributed by atoms with Gasteiger partial charge in [-0.15, -0.1) is 0 Å². The second-order valence-corrected chi connectivity index (χ2v) is 6.80. The number of hydrogen-bond acceptors (Lipinski definition) is 4. The van der Waals surface area contributed by atoms with Gasteiger partial charge >= 0.3 is 0 Å². The molecule has 0 unspecified atom stereocenters. The van der Waals surface area contributed by atoms with Crippen LogP contribution in [0.25, 0.3) is 10.9 Å². The maximum absolute atomic E-state index is 12.8. The van der Waals surface area contributed by atoms with Crippen molar-refractivity contribution in [3.63, 3.8) is 0 Å². The molecule has 1 amide bonds. The third-order valence-corrected chi connectivity index (χ3v) is 5.07. The Morgan fingerprint density at radius 1 is 1.41 bits per heavy atom. The van der Waals surface area contributed by atoms with Gasteiger partial charge in [0.15, 0.2) is 5.16 Å². The lowest BCUT2D eigenvalue weighted by Gasteiger charge is -2.18. The summed E-state index contributed by atoms with van der Waals surface area (Å²) in [6.45, 7) is 0. The van der Waals surface area contributed by atoms with E-state index >= 15 is 0 Å². The number of nitrogens with two attached hydrogens (primary N) is 1. The zero-order valence-corrected chi connectivity index (χ0v) is 13.5. The highest BCUT2D eigenvalue weighted by Crippen LogP contribution is 2.32. The van der Waals surface area contributed by atoms with Crippen LogP contribution < -0.4 is 11.3 Å². The van der Waals surface area contributed by atoms with Gasteiger partial charge in [-0.3, -0.25) is 14.2 Å². The minimum Gasteiger partial charge on any atom is -0.369 e. The predicted molar refractivity (Wildman–Crippen MR) is 88.4 cm³/mol. The van der Waals surface area contributed by atoms with E-state index in [1.807, 2.05) is 0 Å². The van der Waals surface area contributed by atoms with E-state index in [1.165, 1.54) is 11.8 Å². The van der Waals surface area contributed by atoms with E-state index in [0.29, 0.717) is 21.1 Å². The van der Waals surface area contributed by atoms with E-state index in [-0.39, 0.29) is 17.4 Å². The number of nitrogens with zero attached hydrogens (tertiary/aromatic N) is 2. The summed E-state index contributed by atoms with van der Waals surface area (Å²) in [4.78, 5) is 28.5. The van der Waals surface area contributed by atoms with Crippen LogP contribution in [0.15, 0.2) is 28.2 Å². The zero-order chi connectivity index (χ0) is 15.7. The summed E-state index contributed by atoms with van der Waals surface area (Å²) in [7, 11) is 0. The van der Waals surface area contributed by atoms with Crippen LogP contribution in [-0.2, 0) is 4.79 Å². The molecule has 116 valence electrons. The van der Waals surface area contributed by atoms with Gasteiger partial charge < -0.3 is 5.73 Å². The molecule has 2 N–H and O–H groups in total. The monoisotopic (exact) mass is 337 g/mol. The Kier molecular flexibility index (Phi) is 4.40. The molecule has 1 aromatic carbocycles. The second-order valence-electron chi connectivity index (χ2n) is 5.42. The average molecular weight is 338 g/mol. The van der Waals surface area contributed by atoms with E-state index < -0.39 is 5.91 Å². The Bertz CT molecular complexity index is 784. The van der Waals surface area contributed by atoms with Crippen molar-refractivity contribution in [1.29, 1.82) is 0 Å². The largest absolute Gasteiger partial charge is 0.369 e. The molecule has 0 spiro atoms. The topological polar surface area (TPSA) is 78.0 Å². The van der Waals surface area contributed by atoms with Gasteiger partial charge in [0.05, 0.1) is 16.7 Å². The normalized spacial score (nSPS) is 15.5. The molecule has 2 aromatic rings. The lowest BCUT2D eigenvalue weighted by Crippen LogP contribution is -2.27. The molecule has 0 atom stereocenters. The highest BCUT2D eigenvalue weighted by molar-refractivity contribution is 7.99. The highest BCUT2D eigenvalue weighted by atomic mass is 35.5. The van der Waals surface area contributed by atoms with E-state index in [9.17, 15) is 9.59 Å². The van der Waals surface area contributed by atoms with Crippen molar-refractivity contribution in [3.8, 4) is 0 Å². The van der Waals surface area contributed by atoms with E-state index in [0.717, 1.165) is 25.7 Å². The van der Waals surface area contributed by atoms with Crippen molar-refractivity contribution in [2.45, 2.75) is 36.9 Å². The average Bonchev–Trinajstić information content (AvgIpc) is 2.98. The Morgan fingerprint density at radius 3 is 2.82 bits per heavy atom. The maximum Gasteiger partial charge on any atom is 0.262 e. The number of benzene rings is 1. The molecule has 1 aliphatic carbocycles. The van der Waals surface area contributed by atoms with Gasteiger partial charge in [0.1, 0.15) is 0 Å². The van der Waals surface area contributed by atoms with Crippen LogP contribution in [-0.4, -0.2) is 21.2 Å². The van der Waals surface area contributed by atoms with Gasteiger partial charge in [-0.25, -0.2) is 4.98 Å². The van der Waals surface area contributed by atoms with E-state index in [4.69, 9.17) is 17.3 Å². The number of fused-ring (bicyclic) bond motifs is 1. The Labute approximate surface area is 136 Å². The van der Waals surface area contributed by atoms with Gasteiger partial charge in [0, 0.05) is 11.1 Å². The summed E-state index contributed by atoms with van der Waals surface area (Å²) in [5.74, 6) is -0.325. The number of primary amides is 1. The van der Waals surface area contributed by atoms with E-state index in [2.05, 4.69) is 4.98 Å². The van der Waals surface area contributed by atoms with E-state index in [1.54, 1.807) is 22.8 Å². The minimum atomic E-state index is -0.427. The molecule has 7 heteroatoms. The van der Waals surface area contributed by atoms with Crippen molar-refractivity contribution in [2.75, 3.05) is 5.75 Å². The first-order valence-corrected chi connectivity index (χ1v) is 8.55. The number of carbonyl (C=O) groups excluding carboxylic acids is 1. The van der Waals surface area contributed by atoms with Crippen molar-refractivity contribution in [2.24, 2.45) is 5.73 Å². The summed E-state index contributed by atoms with van der Waals surface area (Å²) in [6.07, 6.45) is 4.14. The minimum absolute atomic E-state index is 0.0689. The third kappa shape index (κ3) is 2.98. The fourth-order valence-electron chi connectivity index (χ4n) is 2.87. The number of thioether (sulfide) groups is 1. The molecule has 1 saturated carbocycles. The molecule has 0 radical (unpaired) electrons. The van der Waals surface area contributed by atoms with Gasteiger partial charge in [-0.2, -0.15) is 0 Å². The van der Waals surface area contributed by atoms with Crippen LogP contribution in [0.3, 0.4) is 0 Å². The lowest BCUT2D eigenvalue weighted by atomic mass is 10.2. The number of carbonyl (C=O) groups is 1. The molecule has 22 heavy (non-hydrogen) atoms. The molecular formula is C15H16ClN3O2S. The molecule has 5 nitrogen and oxygen atoms in total. The molecule has 1 fully saturated rings. The molecule has 1 aromatic heterocycles. The van der Waals surface area contributed by atoms with Crippen LogP contribution in [0.1, 0.15) is 31.7 Å². The first-order chi connectivity index (χ1) is 10.6. The highest BCUT2D eigenvalue weighted by Gasteiger charge is 2.23. The lowest BCUT2D eigenvalue weighted by molar-refractivity contribution is -0.115. The van der Waals surface area contributed by atoms with Gasteiger partial charge in [-0.1, -0.05) is 36.2 Å². The van der Waals surface area contributed by atoms with Crippen LogP contribution in [0, 0.1) is 0 Å². The molecule has 0 bridgehead atoms.